The molecule has 110 valence electrons. The molecule has 0 aliphatic rings. The van der Waals surface area contributed by atoms with E-state index in [0.29, 0.717) is 12.1 Å². The number of hydrogen-bond donors (Lipinski definition) is 1. The average molecular weight is 300 g/mol. The first-order valence-electron chi connectivity index (χ1n) is 7.15. The van der Waals surface area contributed by atoms with E-state index in [4.69, 9.17) is 5.26 Å². The minimum Gasteiger partial charge on any atom is -0.278 e. The lowest BCUT2D eigenvalue weighted by molar-refractivity contribution is 0.649. The summed E-state index contributed by atoms with van der Waals surface area (Å²) in [6.45, 7) is 0.519. The van der Waals surface area contributed by atoms with Gasteiger partial charge in [0.05, 0.1) is 36.1 Å². The molecule has 2 heterocycles. The van der Waals surface area contributed by atoms with E-state index in [-0.39, 0.29) is 0 Å². The maximum atomic E-state index is 9.16. The third-order valence-electron chi connectivity index (χ3n) is 3.74. The van der Waals surface area contributed by atoms with Gasteiger partial charge in [-0.15, -0.1) is 5.10 Å². The highest BCUT2D eigenvalue weighted by Crippen LogP contribution is 2.21. The van der Waals surface area contributed by atoms with E-state index in [1.54, 1.807) is 16.9 Å². The minimum atomic E-state index is 0.519. The molecular weight excluding hydrogens is 288 g/mol. The Labute approximate surface area is 132 Å². The van der Waals surface area contributed by atoms with Crippen molar-refractivity contribution in [2.24, 2.45) is 0 Å². The van der Waals surface area contributed by atoms with Crippen LogP contribution in [0, 0.1) is 11.3 Å². The van der Waals surface area contributed by atoms with Crippen molar-refractivity contribution >= 4 is 10.9 Å². The lowest BCUT2D eigenvalue weighted by atomic mass is 10.1. The van der Waals surface area contributed by atoms with Crippen LogP contribution < -0.4 is 0 Å². The average Bonchev–Trinajstić information content (AvgIpc) is 3.23. The Hall–Kier alpha value is -3.46. The van der Waals surface area contributed by atoms with Gasteiger partial charge in [0.2, 0.25) is 0 Å². The van der Waals surface area contributed by atoms with Crippen LogP contribution in [0.4, 0.5) is 0 Å². The first-order chi connectivity index (χ1) is 11.3. The SMILES string of the molecule is N#Cc1ccccc1Cn1cc(-c2ccc3[nH]ncc3c2)nn1. The molecule has 23 heavy (non-hydrogen) atoms. The van der Waals surface area contributed by atoms with Crippen LogP contribution in [0.5, 0.6) is 0 Å². The highest BCUT2D eigenvalue weighted by atomic mass is 15.4. The summed E-state index contributed by atoms with van der Waals surface area (Å²) in [5.74, 6) is 0. The molecule has 0 amide bonds. The van der Waals surface area contributed by atoms with Crippen molar-refractivity contribution in [2.45, 2.75) is 6.54 Å². The fourth-order valence-electron chi connectivity index (χ4n) is 2.55. The zero-order valence-corrected chi connectivity index (χ0v) is 12.1. The standard InChI is InChI=1S/C17H12N6/c18-8-13-3-1-2-4-14(13)10-23-11-17(21-22-23)12-5-6-16-15(7-12)9-19-20-16/h1-7,9,11H,10H2,(H,19,20). The van der Waals surface area contributed by atoms with Gasteiger partial charge in [0.15, 0.2) is 0 Å². The number of nitrogens with one attached hydrogen (secondary N) is 1. The minimum absolute atomic E-state index is 0.519. The zero-order valence-electron chi connectivity index (χ0n) is 12.1. The first-order valence-corrected chi connectivity index (χ1v) is 7.15. The Morgan fingerprint density at radius 2 is 2.09 bits per heavy atom. The van der Waals surface area contributed by atoms with Gasteiger partial charge < -0.3 is 0 Å². The quantitative estimate of drug-likeness (QED) is 0.630. The maximum Gasteiger partial charge on any atom is 0.113 e. The summed E-state index contributed by atoms with van der Waals surface area (Å²) in [4.78, 5) is 0. The zero-order chi connectivity index (χ0) is 15.6. The van der Waals surface area contributed by atoms with Crippen molar-refractivity contribution in [3.63, 3.8) is 0 Å². The summed E-state index contributed by atoms with van der Waals surface area (Å²) in [6, 6.07) is 15.7. The van der Waals surface area contributed by atoms with Crippen LogP contribution in [0.3, 0.4) is 0 Å². The Bertz CT molecular complexity index is 1020. The molecule has 6 nitrogen and oxygen atoms in total. The Kier molecular flexibility index (Phi) is 3.10. The maximum absolute atomic E-state index is 9.16. The van der Waals surface area contributed by atoms with Gasteiger partial charge in [0, 0.05) is 10.9 Å². The number of nitrogens with zero attached hydrogens (tertiary/aromatic N) is 5. The number of benzene rings is 2. The molecule has 0 unspecified atom stereocenters. The van der Waals surface area contributed by atoms with Gasteiger partial charge in [-0.25, -0.2) is 4.68 Å². The van der Waals surface area contributed by atoms with E-state index in [0.717, 1.165) is 27.7 Å². The number of fused-ring (bicyclic) bond motifs is 1. The summed E-state index contributed by atoms with van der Waals surface area (Å²) in [5.41, 5.74) is 4.35. The van der Waals surface area contributed by atoms with Crippen molar-refractivity contribution in [2.75, 3.05) is 0 Å². The number of H-pyrrole nitrogens is 1. The molecule has 0 radical (unpaired) electrons. The molecule has 0 saturated heterocycles. The van der Waals surface area contributed by atoms with Crippen LogP contribution in [0.15, 0.2) is 54.9 Å². The van der Waals surface area contributed by atoms with Crippen molar-refractivity contribution in [3.05, 3.63) is 66.0 Å². The molecule has 6 heteroatoms. The summed E-state index contributed by atoms with van der Waals surface area (Å²) >= 11 is 0. The van der Waals surface area contributed by atoms with Gasteiger partial charge in [-0.1, -0.05) is 29.5 Å². The molecule has 4 aromatic rings. The predicted molar refractivity (Wildman–Crippen MR) is 85.4 cm³/mol. The molecule has 0 aliphatic heterocycles. The number of hydrogen-bond acceptors (Lipinski definition) is 4. The van der Waals surface area contributed by atoms with Gasteiger partial charge in [-0.3, -0.25) is 5.10 Å². The van der Waals surface area contributed by atoms with E-state index in [2.05, 4.69) is 26.6 Å². The second kappa shape index (κ2) is 5.39. The van der Waals surface area contributed by atoms with E-state index in [9.17, 15) is 0 Å². The highest BCUT2D eigenvalue weighted by Gasteiger charge is 2.08. The van der Waals surface area contributed by atoms with Crippen LogP contribution >= 0.6 is 0 Å². The van der Waals surface area contributed by atoms with Gasteiger partial charge >= 0.3 is 0 Å². The topological polar surface area (TPSA) is 83.2 Å². The molecule has 4 rings (SSSR count). The summed E-state index contributed by atoms with van der Waals surface area (Å²) in [6.07, 6.45) is 3.67. The number of aromatic nitrogens is 5. The molecule has 0 saturated carbocycles. The van der Waals surface area contributed by atoms with Crippen LogP contribution in [0.25, 0.3) is 22.2 Å². The lowest BCUT2D eigenvalue weighted by Crippen LogP contribution is -2.02. The highest BCUT2D eigenvalue weighted by molar-refractivity contribution is 5.83. The van der Waals surface area contributed by atoms with Crippen molar-refractivity contribution in [1.29, 1.82) is 5.26 Å². The molecule has 0 fully saturated rings. The smallest absolute Gasteiger partial charge is 0.113 e. The molecule has 0 spiro atoms. The Morgan fingerprint density at radius 3 is 3.00 bits per heavy atom. The Morgan fingerprint density at radius 1 is 1.17 bits per heavy atom. The van der Waals surface area contributed by atoms with E-state index in [1.165, 1.54) is 0 Å². The normalized spacial score (nSPS) is 10.7. The summed E-state index contributed by atoms with van der Waals surface area (Å²) < 4.78 is 1.74. The van der Waals surface area contributed by atoms with Crippen LogP contribution in [0.2, 0.25) is 0 Å². The number of nitriles is 1. The van der Waals surface area contributed by atoms with E-state index >= 15 is 0 Å². The molecule has 0 aliphatic carbocycles. The van der Waals surface area contributed by atoms with Gasteiger partial charge in [-0.2, -0.15) is 10.4 Å². The van der Waals surface area contributed by atoms with E-state index in [1.807, 2.05) is 42.6 Å². The predicted octanol–water partition coefficient (Wildman–Crippen LogP) is 2.74. The summed E-state index contributed by atoms with van der Waals surface area (Å²) in [5, 5.41) is 25.5. The molecule has 1 N–H and O–H groups in total. The van der Waals surface area contributed by atoms with Crippen LogP contribution in [-0.2, 0) is 6.54 Å². The molecule has 2 aromatic heterocycles. The second-order valence-electron chi connectivity index (χ2n) is 5.24. The van der Waals surface area contributed by atoms with Gasteiger partial charge in [0.25, 0.3) is 0 Å². The molecular formula is C17H12N6. The summed E-state index contributed by atoms with van der Waals surface area (Å²) in [7, 11) is 0. The fraction of sp³-hybridized carbons (Fsp3) is 0.0588. The Balaban J connectivity index is 1.65. The largest absolute Gasteiger partial charge is 0.278 e. The lowest BCUT2D eigenvalue weighted by Gasteiger charge is -2.02. The van der Waals surface area contributed by atoms with Gasteiger partial charge in [-0.05, 0) is 23.8 Å². The van der Waals surface area contributed by atoms with Crippen LogP contribution in [0.1, 0.15) is 11.1 Å². The number of rotatable bonds is 3. The fourth-order valence-corrected chi connectivity index (χ4v) is 2.55. The number of aromatic amines is 1. The van der Waals surface area contributed by atoms with Crippen molar-refractivity contribution in [1.82, 2.24) is 25.2 Å². The molecule has 2 aromatic carbocycles. The molecule has 0 bridgehead atoms. The monoisotopic (exact) mass is 300 g/mol. The third kappa shape index (κ3) is 2.45. The molecule has 0 atom stereocenters. The third-order valence-corrected chi connectivity index (χ3v) is 3.74. The van der Waals surface area contributed by atoms with Crippen LogP contribution in [-0.4, -0.2) is 25.2 Å². The van der Waals surface area contributed by atoms with Gasteiger partial charge in [0.1, 0.15) is 5.69 Å². The van der Waals surface area contributed by atoms with Crippen molar-refractivity contribution < 1.29 is 0 Å². The second-order valence-corrected chi connectivity index (χ2v) is 5.24. The first kappa shape index (κ1) is 13.2. The van der Waals surface area contributed by atoms with Crippen molar-refractivity contribution in [3.8, 4) is 17.3 Å². The van der Waals surface area contributed by atoms with E-state index < -0.39 is 0 Å².